The number of unbranched alkanes of at least 4 members (excludes halogenated alkanes) is 22. The number of ether oxygens (including phenoxy) is 6. The first-order valence-electron chi connectivity index (χ1n) is 25.9. The number of carbonyl (C=O) groups excluding carboxylic acids is 2. The molecule has 0 aromatic heterocycles. The molecule has 11 atom stereocenters. The Hall–Kier alpha value is -2.02. The highest BCUT2D eigenvalue weighted by atomic mass is 16.7. The van der Waals surface area contributed by atoms with Crippen molar-refractivity contribution in [1.82, 2.24) is 0 Å². The summed E-state index contributed by atoms with van der Waals surface area (Å²) in [5, 5.41) is 72.0. The van der Waals surface area contributed by atoms with Crippen LogP contribution in [-0.4, -0.2) is 142 Å². The minimum atomic E-state index is -1.76. The van der Waals surface area contributed by atoms with Gasteiger partial charge in [0.05, 0.1) is 19.8 Å². The summed E-state index contributed by atoms with van der Waals surface area (Å²) in [7, 11) is 0. The highest BCUT2D eigenvalue weighted by Gasteiger charge is 2.47. The molecule has 0 radical (unpaired) electrons. The number of esters is 2. The van der Waals surface area contributed by atoms with Gasteiger partial charge in [-0.25, -0.2) is 0 Å². The van der Waals surface area contributed by atoms with Crippen LogP contribution in [0.15, 0.2) is 24.3 Å². The maximum absolute atomic E-state index is 13.0. The zero-order valence-electron chi connectivity index (χ0n) is 40.7. The molecule has 2 aliphatic rings. The van der Waals surface area contributed by atoms with Gasteiger partial charge in [0.15, 0.2) is 18.7 Å². The molecule has 11 unspecified atom stereocenters. The van der Waals surface area contributed by atoms with Crippen LogP contribution in [0, 0.1) is 0 Å². The smallest absolute Gasteiger partial charge is 0.306 e. The number of allylic oxidation sites excluding steroid dienone is 4. The number of hydrogen-bond acceptors (Lipinski definition) is 15. The Bertz CT molecular complexity index is 1250. The molecule has 0 saturated carbocycles. The molecule has 0 aromatic carbocycles. The lowest BCUT2D eigenvalue weighted by Gasteiger charge is -2.42. The van der Waals surface area contributed by atoms with Gasteiger partial charge in [-0.05, 0) is 64.2 Å². The first-order valence-corrected chi connectivity index (χ1v) is 25.9. The van der Waals surface area contributed by atoms with Gasteiger partial charge in [0.2, 0.25) is 0 Å². The highest BCUT2D eigenvalue weighted by molar-refractivity contribution is 5.70. The second kappa shape index (κ2) is 38.8. The Morgan fingerprint density at radius 1 is 0.470 bits per heavy atom. The third-order valence-corrected chi connectivity index (χ3v) is 12.4. The van der Waals surface area contributed by atoms with Crippen molar-refractivity contribution in [3.63, 3.8) is 0 Å². The average molecular weight is 945 g/mol. The minimum Gasteiger partial charge on any atom is -0.462 e. The maximum atomic E-state index is 13.0. The molecule has 2 fully saturated rings. The predicted octanol–water partition coefficient (Wildman–Crippen LogP) is 7.16. The number of hydrogen-bond donors (Lipinski definition) is 7. The van der Waals surface area contributed by atoms with E-state index >= 15 is 0 Å². The minimum absolute atomic E-state index is 0.160. The predicted molar refractivity (Wildman–Crippen MR) is 252 cm³/mol. The second-order valence-electron chi connectivity index (χ2n) is 18.3. The summed E-state index contributed by atoms with van der Waals surface area (Å²) in [5.74, 6) is -0.936. The fourth-order valence-electron chi connectivity index (χ4n) is 8.09. The molecule has 2 rings (SSSR count). The fraction of sp³-hybridized carbons (Fsp3) is 0.882. The Labute approximate surface area is 396 Å². The van der Waals surface area contributed by atoms with E-state index < -0.39 is 92.7 Å². The van der Waals surface area contributed by atoms with Crippen LogP contribution in [0.5, 0.6) is 0 Å². The van der Waals surface area contributed by atoms with Crippen LogP contribution < -0.4 is 0 Å². The Balaban J connectivity index is 1.81. The summed E-state index contributed by atoms with van der Waals surface area (Å²) in [6, 6.07) is 0. The van der Waals surface area contributed by atoms with E-state index in [2.05, 4.69) is 38.2 Å². The Morgan fingerprint density at radius 2 is 0.864 bits per heavy atom. The molecule has 15 heteroatoms. The van der Waals surface area contributed by atoms with Gasteiger partial charge in [-0.3, -0.25) is 9.59 Å². The van der Waals surface area contributed by atoms with Gasteiger partial charge in [0.1, 0.15) is 55.4 Å². The van der Waals surface area contributed by atoms with Gasteiger partial charge in [-0.2, -0.15) is 0 Å². The van der Waals surface area contributed by atoms with Gasteiger partial charge in [0, 0.05) is 12.8 Å². The van der Waals surface area contributed by atoms with Crippen molar-refractivity contribution in [2.45, 2.75) is 261 Å². The lowest BCUT2D eigenvalue weighted by atomic mass is 9.98. The summed E-state index contributed by atoms with van der Waals surface area (Å²) >= 11 is 0. The van der Waals surface area contributed by atoms with E-state index in [1.165, 1.54) is 83.5 Å². The molecule has 2 aliphatic heterocycles. The molecule has 0 bridgehead atoms. The molecule has 0 aromatic rings. The first kappa shape index (κ1) is 60.1. The number of aliphatic hydroxyl groups is 7. The van der Waals surface area contributed by atoms with Crippen LogP contribution >= 0.6 is 0 Å². The molecule has 2 heterocycles. The standard InChI is InChI=1S/C51H92O15/c1-3-5-7-9-11-13-15-17-18-19-20-22-24-26-28-30-32-34-43(54)64-39(36-61-42(53)33-31-29-27-25-23-21-16-14-12-10-8-6-4-2)37-62-50-49(60)47(58)45(56)41(66-50)38-63-51-48(59)46(57)44(55)40(35-52)65-51/h14,16-18,39-41,44-52,55-60H,3-13,15,19-38H2,1-2H3/b16-14-,18-17-. The normalized spacial score (nSPS) is 26.3. The molecule has 15 nitrogen and oxygen atoms in total. The van der Waals surface area contributed by atoms with E-state index in [1.54, 1.807) is 0 Å². The van der Waals surface area contributed by atoms with Gasteiger partial charge >= 0.3 is 11.9 Å². The van der Waals surface area contributed by atoms with Crippen LogP contribution in [0.25, 0.3) is 0 Å². The Morgan fingerprint density at radius 3 is 1.35 bits per heavy atom. The highest BCUT2D eigenvalue weighted by Crippen LogP contribution is 2.26. The molecule has 66 heavy (non-hydrogen) atoms. The summed E-state index contributed by atoms with van der Waals surface area (Å²) in [4.78, 5) is 25.7. The number of rotatable bonds is 40. The van der Waals surface area contributed by atoms with E-state index in [-0.39, 0.29) is 26.1 Å². The molecular formula is C51H92O15. The van der Waals surface area contributed by atoms with Crippen LogP contribution in [0.4, 0.5) is 0 Å². The lowest BCUT2D eigenvalue weighted by molar-refractivity contribution is -0.332. The van der Waals surface area contributed by atoms with Crippen molar-refractivity contribution >= 4 is 11.9 Å². The quantitative estimate of drug-likeness (QED) is 0.0184. The number of aliphatic hydroxyl groups excluding tert-OH is 7. The van der Waals surface area contributed by atoms with E-state index in [9.17, 15) is 45.3 Å². The maximum Gasteiger partial charge on any atom is 0.306 e. The largest absolute Gasteiger partial charge is 0.462 e. The SMILES string of the molecule is CCCCCC/C=C\CCCCCCCC(=O)OCC(COC1OC(COC2OC(CO)C(O)C(O)C2O)C(O)C(O)C1O)OC(=O)CCCCCCCCC/C=C\CCCCCCCC. The molecule has 0 amide bonds. The topological polar surface area (TPSA) is 231 Å². The van der Waals surface area contributed by atoms with Crippen molar-refractivity contribution in [1.29, 1.82) is 0 Å². The van der Waals surface area contributed by atoms with Gasteiger partial charge in [-0.15, -0.1) is 0 Å². The van der Waals surface area contributed by atoms with Crippen LogP contribution in [0.2, 0.25) is 0 Å². The first-order chi connectivity index (χ1) is 32.0. The van der Waals surface area contributed by atoms with E-state index in [0.717, 1.165) is 70.6 Å². The van der Waals surface area contributed by atoms with Crippen LogP contribution in [-0.2, 0) is 38.0 Å². The average Bonchev–Trinajstić information content (AvgIpc) is 3.31. The van der Waals surface area contributed by atoms with E-state index in [1.807, 2.05) is 0 Å². The van der Waals surface area contributed by atoms with Crippen LogP contribution in [0.1, 0.15) is 194 Å². The van der Waals surface area contributed by atoms with Crippen molar-refractivity contribution in [2.75, 3.05) is 26.4 Å². The zero-order chi connectivity index (χ0) is 48.2. The van der Waals surface area contributed by atoms with Gasteiger partial charge in [0.25, 0.3) is 0 Å². The van der Waals surface area contributed by atoms with Crippen molar-refractivity contribution in [2.24, 2.45) is 0 Å². The molecule has 0 aliphatic carbocycles. The zero-order valence-corrected chi connectivity index (χ0v) is 40.7. The molecule has 386 valence electrons. The van der Waals surface area contributed by atoms with Crippen LogP contribution in [0.3, 0.4) is 0 Å². The van der Waals surface area contributed by atoms with Crippen molar-refractivity contribution in [3.05, 3.63) is 24.3 Å². The third kappa shape index (κ3) is 26.7. The Kier molecular flexibility index (Phi) is 35.3. The molecule has 7 N–H and O–H groups in total. The van der Waals surface area contributed by atoms with Crippen molar-refractivity contribution in [3.8, 4) is 0 Å². The fourth-order valence-corrected chi connectivity index (χ4v) is 8.09. The summed E-state index contributed by atoms with van der Waals surface area (Å²) in [6.45, 7) is 2.56. The summed E-state index contributed by atoms with van der Waals surface area (Å²) in [5.41, 5.74) is 0. The van der Waals surface area contributed by atoms with Gasteiger partial charge < -0.3 is 64.2 Å². The summed E-state index contributed by atoms with van der Waals surface area (Å²) < 4.78 is 33.6. The molecule has 2 saturated heterocycles. The molecular weight excluding hydrogens is 853 g/mol. The van der Waals surface area contributed by atoms with E-state index in [4.69, 9.17) is 28.4 Å². The number of carbonyl (C=O) groups is 2. The summed E-state index contributed by atoms with van der Waals surface area (Å²) in [6.07, 6.45) is 22.0. The lowest BCUT2D eigenvalue weighted by Crippen LogP contribution is -2.61. The third-order valence-electron chi connectivity index (χ3n) is 12.4. The molecule has 0 spiro atoms. The second-order valence-corrected chi connectivity index (χ2v) is 18.3. The van der Waals surface area contributed by atoms with Crippen molar-refractivity contribution < 1.29 is 73.8 Å². The van der Waals surface area contributed by atoms with E-state index in [0.29, 0.717) is 12.8 Å². The van der Waals surface area contributed by atoms with Gasteiger partial charge in [-0.1, -0.05) is 141 Å². The monoisotopic (exact) mass is 945 g/mol.